The molecule has 0 aliphatic heterocycles. The highest BCUT2D eigenvalue weighted by molar-refractivity contribution is 5.95. The molecule has 0 spiro atoms. The van der Waals surface area contributed by atoms with Crippen LogP contribution >= 0.6 is 0 Å². The molecule has 1 amide bonds. The van der Waals surface area contributed by atoms with Crippen molar-refractivity contribution in [3.8, 4) is 0 Å². The number of anilines is 1. The summed E-state index contributed by atoms with van der Waals surface area (Å²) in [6.45, 7) is 3.85. The monoisotopic (exact) mass is 255 g/mol. The number of nitrogens with two attached hydrogens (primary N) is 1. The molecule has 4 nitrogen and oxygen atoms in total. The molecule has 0 saturated heterocycles. The molecular weight excluding hydrogens is 238 g/mol. The fraction of sp³-hybridized carbons (Fsp3) is 0.200. The number of rotatable bonds is 3. The summed E-state index contributed by atoms with van der Waals surface area (Å²) in [7, 11) is 0. The molecule has 1 aromatic carbocycles. The van der Waals surface area contributed by atoms with Crippen molar-refractivity contribution in [1.29, 1.82) is 0 Å². The predicted molar refractivity (Wildman–Crippen MR) is 75.7 cm³/mol. The van der Waals surface area contributed by atoms with E-state index in [9.17, 15) is 4.79 Å². The highest BCUT2D eigenvalue weighted by Crippen LogP contribution is 2.15. The maximum atomic E-state index is 12.1. The highest BCUT2D eigenvalue weighted by atomic mass is 16.1. The molecule has 1 aromatic heterocycles. The second-order valence-electron chi connectivity index (χ2n) is 4.55. The Balaban J connectivity index is 2.11. The van der Waals surface area contributed by atoms with Crippen LogP contribution in [-0.4, -0.2) is 10.9 Å². The van der Waals surface area contributed by atoms with Crippen LogP contribution in [0.4, 0.5) is 5.69 Å². The second kappa shape index (κ2) is 5.52. The van der Waals surface area contributed by atoms with Crippen molar-refractivity contribution in [2.45, 2.75) is 19.9 Å². The van der Waals surface area contributed by atoms with Crippen LogP contribution in [0.3, 0.4) is 0 Å². The molecule has 1 atom stereocenters. The first-order valence-electron chi connectivity index (χ1n) is 6.15. The standard InChI is InChI=1S/C15H17N3O/c1-10-3-4-13(9-14(10)16)15(19)18-11(2)12-5-7-17-8-6-12/h3-9,11H,16H2,1-2H3,(H,18,19)/t11-/m0/s1. The van der Waals surface area contributed by atoms with E-state index in [4.69, 9.17) is 5.73 Å². The Morgan fingerprint density at radius 2 is 1.95 bits per heavy atom. The van der Waals surface area contributed by atoms with Crippen molar-refractivity contribution in [2.75, 3.05) is 5.73 Å². The van der Waals surface area contributed by atoms with E-state index in [1.807, 2.05) is 32.0 Å². The Kier molecular flexibility index (Phi) is 3.80. The summed E-state index contributed by atoms with van der Waals surface area (Å²) in [5.41, 5.74) is 9.00. The first-order valence-corrected chi connectivity index (χ1v) is 6.15. The molecule has 2 aromatic rings. The maximum Gasteiger partial charge on any atom is 0.251 e. The topological polar surface area (TPSA) is 68.0 Å². The van der Waals surface area contributed by atoms with Gasteiger partial charge in [0.05, 0.1) is 6.04 Å². The van der Waals surface area contributed by atoms with Gasteiger partial charge in [-0.1, -0.05) is 6.07 Å². The molecule has 1 heterocycles. The summed E-state index contributed by atoms with van der Waals surface area (Å²) >= 11 is 0. The lowest BCUT2D eigenvalue weighted by Crippen LogP contribution is -2.26. The minimum atomic E-state index is -0.129. The van der Waals surface area contributed by atoms with Crippen LogP contribution in [-0.2, 0) is 0 Å². The van der Waals surface area contributed by atoms with E-state index in [-0.39, 0.29) is 11.9 Å². The van der Waals surface area contributed by atoms with Gasteiger partial charge in [-0.3, -0.25) is 9.78 Å². The number of benzene rings is 1. The van der Waals surface area contributed by atoms with E-state index in [2.05, 4.69) is 10.3 Å². The molecule has 3 N–H and O–H groups in total. The van der Waals surface area contributed by atoms with Crippen molar-refractivity contribution < 1.29 is 4.79 Å². The lowest BCUT2D eigenvalue weighted by molar-refractivity contribution is 0.0940. The zero-order valence-corrected chi connectivity index (χ0v) is 11.1. The molecule has 0 fully saturated rings. The summed E-state index contributed by atoms with van der Waals surface area (Å²) in [6.07, 6.45) is 3.42. The molecule has 0 aliphatic carbocycles. The Morgan fingerprint density at radius 3 is 2.58 bits per heavy atom. The van der Waals surface area contributed by atoms with Crippen molar-refractivity contribution in [3.05, 3.63) is 59.4 Å². The summed E-state index contributed by atoms with van der Waals surface area (Å²) < 4.78 is 0. The van der Waals surface area contributed by atoms with Crippen LogP contribution < -0.4 is 11.1 Å². The van der Waals surface area contributed by atoms with E-state index < -0.39 is 0 Å². The van der Waals surface area contributed by atoms with Crippen LogP contribution in [0.1, 0.15) is 34.5 Å². The normalized spacial score (nSPS) is 11.9. The second-order valence-corrected chi connectivity index (χ2v) is 4.55. The lowest BCUT2D eigenvalue weighted by atomic mass is 10.1. The fourth-order valence-corrected chi connectivity index (χ4v) is 1.80. The number of aromatic nitrogens is 1. The molecule has 0 saturated carbocycles. The van der Waals surface area contributed by atoms with E-state index >= 15 is 0 Å². The van der Waals surface area contributed by atoms with Crippen molar-refractivity contribution in [2.24, 2.45) is 0 Å². The van der Waals surface area contributed by atoms with Crippen LogP contribution in [0.5, 0.6) is 0 Å². The van der Waals surface area contributed by atoms with Gasteiger partial charge in [-0.15, -0.1) is 0 Å². The SMILES string of the molecule is Cc1ccc(C(=O)N[C@@H](C)c2ccncc2)cc1N. The summed E-state index contributed by atoms with van der Waals surface area (Å²) in [5, 5.41) is 2.94. The molecule has 0 bridgehead atoms. The number of carbonyl (C=O) groups is 1. The van der Waals surface area contributed by atoms with Gasteiger partial charge < -0.3 is 11.1 Å². The van der Waals surface area contributed by atoms with Gasteiger partial charge in [0, 0.05) is 23.6 Å². The van der Waals surface area contributed by atoms with Crippen LogP contribution in [0.2, 0.25) is 0 Å². The van der Waals surface area contributed by atoms with E-state index in [1.165, 1.54) is 0 Å². The van der Waals surface area contributed by atoms with Crippen molar-refractivity contribution in [1.82, 2.24) is 10.3 Å². The van der Waals surface area contributed by atoms with Crippen molar-refractivity contribution >= 4 is 11.6 Å². The minimum Gasteiger partial charge on any atom is -0.398 e. The quantitative estimate of drug-likeness (QED) is 0.828. The molecule has 19 heavy (non-hydrogen) atoms. The predicted octanol–water partition coefficient (Wildman–Crippen LogP) is 2.46. The van der Waals surface area contributed by atoms with E-state index in [0.29, 0.717) is 11.3 Å². The zero-order valence-electron chi connectivity index (χ0n) is 11.1. The average Bonchev–Trinajstić information content (AvgIpc) is 2.42. The Bertz CT molecular complexity index is 581. The number of nitrogen functional groups attached to an aromatic ring is 1. The molecule has 0 radical (unpaired) electrons. The van der Waals surface area contributed by atoms with Gasteiger partial charge in [0.2, 0.25) is 0 Å². The summed E-state index contributed by atoms with van der Waals surface area (Å²) in [4.78, 5) is 16.1. The number of hydrogen-bond acceptors (Lipinski definition) is 3. The lowest BCUT2D eigenvalue weighted by Gasteiger charge is -2.14. The average molecular weight is 255 g/mol. The number of amides is 1. The smallest absolute Gasteiger partial charge is 0.251 e. The van der Waals surface area contributed by atoms with Gasteiger partial charge in [-0.25, -0.2) is 0 Å². The minimum absolute atomic E-state index is 0.0713. The number of hydrogen-bond donors (Lipinski definition) is 2. The summed E-state index contributed by atoms with van der Waals surface area (Å²) in [6, 6.07) is 9.02. The Labute approximate surface area is 112 Å². The number of pyridine rings is 1. The maximum absolute atomic E-state index is 12.1. The number of carbonyl (C=O) groups excluding carboxylic acids is 1. The largest absolute Gasteiger partial charge is 0.398 e. The third-order valence-corrected chi connectivity index (χ3v) is 3.10. The Morgan fingerprint density at radius 1 is 1.26 bits per heavy atom. The van der Waals surface area contributed by atoms with Gasteiger partial charge in [-0.05, 0) is 49.2 Å². The van der Waals surface area contributed by atoms with Crippen LogP contribution in [0.15, 0.2) is 42.7 Å². The third-order valence-electron chi connectivity index (χ3n) is 3.10. The summed E-state index contributed by atoms with van der Waals surface area (Å²) in [5.74, 6) is -0.129. The van der Waals surface area contributed by atoms with Crippen LogP contribution in [0, 0.1) is 6.92 Å². The zero-order chi connectivity index (χ0) is 13.8. The number of aryl methyl sites for hydroxylation is 1. The number of nitrogens with one attached hydrogen (secondary N) is 1. The van der Waals surface area contributed by atoms with Gasteiger partial charge in [0.1, 0.15) is 0 Å². The molecule has 0 aliphatic rings. The van der Waals surface area contributed by atoms with Gasteiger partial charge in [0.25, 0.3) is 5.91 Å². The van der Waals surface area contributed by atoms with Gasteiger partial charge >= 0.3 is 0 Å². The number of nitrogens with zero attached hydrogens (tertiary/aromatic N) is 1. The Hall–Kier alpha value is -2.36. The fourth-order valence-electron chi connectivity index (χ4n) is 1.80. The highest BCUT2D eigenvalue weighted by Gasteiger charge is 2.11. The molecule has 98 valence electrons. The van der Waals surface area contributed by atoms with Crippen molar-refractivity contribution in [3.63, 3.8) is 0 Å². The molecule has 4 heteroatoms. The molecule has 2 rings (SSSR count). The van der Waals surface area contributed by atoms with E-state index in [0.717, 1.165) is 11.1 Å². The van der Waals surface area contributed by atoms with Crippen LogP contribution in [0.25, 0.3) is 0 Å². The first-order chi connectivity index (χ1) is 9.08. The van der Waals surface area contributed by atoms with Gasteiger partial charge in [-0.2, -0.15) is 0 Å². The molecular formula is C15H17N3O. The molecule has 0 unspecified atom stereocenters. The third kappa shape index (κ3) is 3.10. The first kappa shape index (κ1) is 13.1. The van der Waals surface area contributed by atoms with Gasteiger partial charge in [0.15, 0.2) is 0 Å². The van der Waals surface area contributed by atoms with E-state index in [1.54, 1.807) is 24.5 Å².